The molecule has 0 spiro atoms. The summed E-state index contributed by atoms with van der Waals surface area (Å²) in [6, 6.07) is 34.5. The van der Waals surface area contributed by atoms with Crippen LogP contribution in [0.3, 0.4) is 0 Å². The number of nitrogens with zero attached hydrogens (tertiary/aromatic N) is 7. The zero-order valence-electron chi connectivity index (χ0n) is 44.4. The summed E-state index contributed by atoms with van der Waals surface area (Å²) in [5.74, 6) is -0.578. The van der Waals surface area contributed by atoms with Gasteiger partial charge < -0.3 is 23.3 Å². The Morgan fingerprint density at radius 2 is 1.04 bits per heavy atom. The zero-order chi connectivity index (χ0) is 58.9. The van der Waals surface area contributed by atoms with Crippen molar-refractivity contribution in [2.45, 2.75) is 30.2 Å². The van der Waals surface area contributed by atoms with Crippen molar-refractivity contribution in [3.8, 4) is 40.0 Å². The highest BCUT2D eigenvalue weighted by atomic mass is 32.2. The minimum atomic E-state index is -4.20. The molecule has 5 aromatic carbocycles. The molecule has 6 aromatic heterocycles. The van der Waals surface area contributed by atoms with Gasteiger partial charge in [0.25, 0.3) is 42.3 Å². The van der Waals surface area contributed by atoms with Gasteiger partial charge in [-0.2, -0.15) is 0 Å². The standard InChI is InChI=1S/C33H27FN4O7S.C25H19FN4O6S/c1-21-12-14-36(33(40)16-21)28-19-30(44-3)29(18-26(28)34)38-27-10-9-25(17-23(27)6-11-32(38)39)46(41,42)37(31-13-15-45-35-31)20-22-4-7-24(43-2)8-5-22;1-15-7-9-29(25(32)11-15)20-14-22(35-2)21(13-18(20)26)30-19-5-4-17(12-16(19)3-6-24(30)31)37(33,34)28-23-8-10-36-27-23/h4-19H,20H2,1-3H3;3-14H,1-2H3,(H,27,28). The Labute approximate surface area is 469 Å². The Balaban J connectivity index is 0.000000190. The predicted octanol–water partition coefficient (Wildman–Crippen LogP) is 8.38. The lowest BCUT2D eigenvalue weighted by atomic mass is 10.1. The molecule has 0 unspecified atom stereocenters. The Morgan fingerprint density at radius 1 is 0.530 bits per heavy atom. The molecular weight excluding hydrogens is 1120 g/mol. The quantitative estimate of drug-likeness (QED) is 0.101. The highest BCUT2D eigenvalue weighted by molar-refractivity contribution is 7.93. The number of pyridine rings is 4. The van der Waals surface area contributed by atoms with Gasteiger partial charge in [-0.05, 0) is 103 Å². The van der Waals surface area contributed by atoms with E-state index < -0.39 is 53.9 Å². The molecule has 1 N–H and O–H groups in total. The highest BCUT2D eigenvalue weighted by Crippen LogP contribution is 2.34. The topological polar surface area (TPSA) is 251 Å². The first kappa shape index (κ1) is 55.9. The molecule has 83 heavy (non-hydrogen) atoms. The summed E-state index contributed by atoms with van der Waals surface area (Å²) in [7, 11) is -3.95. The molecule has 0 radical (unpaired) electrons. The van der Waals surface area contributed by atoms with Gasteiger partial charge in [-0.15, -0.1) is 0 Å². The second-order valence-corrected chi connectivity index (χ2v) is 22.0. The van der Waals surface area contributed by atoms with Gasteiger partial charge >= 0.3 is 0 Å². The second-order valence-electron chi connectivity index (χ2n) is 18.4. The lowest BCUT2D eigenvalue weighted by Gasteiger charge is -2.22. The maximum Gasteiger partial charge on any atom is 0.265 e. The Kier molecular flexibility index (Phi) is 15.2. The van der Waals surface area contributed by atoms with Crippen LogP contribution in [0.5, 0.6) is 17.2 Å². The lowest BCUT2D eigenvalue weighted by Crippen LogP contribution is -2.31. The van der Waals surface area contributed by atoms with Crippen LogP contribution in [0.25, 0.3) is 44.6 Å². The number of aryl methyl sites for hydroxylation is 2. The maximum atomic E-state index is 15.6. The lowest BCUT2D eigenvalue weighted by molar-refractivity contribution is 0.411. The molecule has 0 aliphatic carbocycles. The smallest absolute Gasteiger partial charge is 0.265 e. The summed E-state index contributed by atoms with van der Waals surface area (Å²) < 4.78 is 118. The van der Waals surface area contributed by atoms with Gasteiger partial charge in [0.2, 0.25) is 0 Å². The SMILES string of the molecule is COc1cc(-n2ccc(C)cc2=O)c(F)cc1-n1c(=O)ccc2cc(S(=O)(=O)Nc3ccon3)ccc21.COc1ccc(CN(c2ccon2)S(=O)(=O)c2ccc3c(ccc(=O)n3-c3cc(F)c(-n4ccc(C)cc4=O)cc3OC)c2)cc1. The molecule has 0 fully saturated rings. The summed E-state index contributed by atoms with van der Waals surface area (Å²) in [6.07, 6.45) is 5.41. The largest absolute Gasteiger partial charge is 0.497 e. The summed E-state index contributed by atoms with van der Waals surface area (Å²) in [6.45, 7) is 3.45. The van der Waals surface area contributed by atoms with E-state index in [0.29, 0.717) is 33.1 Å². The number of methoxy groups -OCH3 is 3. The Bertz CT molecular complexity index is 4780. The number of ether oxygens (including phenoxy) is 3. The van der Waals surface area contributed by atoms with Gasteiger partial charge in [-0.3, -0.25) is 42.2 Å². The Morgan fingerprint density at radius 3 is 1.51 bits per heavy atom. The van der Waals surface area contributed by atoms with Gasteiger partial charge in [-0.1, -0.05) is 22.4 Å². The van der Waals surface area contributed by atoms with Crippen molar-refractivity contribution in [2.24, 2.45) is 0 Å². The van der Waals surface area contributed by atoms with E-state index in [2.05, 4.69) is 19.6 Å². The van der Waals surface area contributed by atoms with E-state index in [1.165, 1.54) is 152 Å². The van der Waals surface area contributed by atoms with Crippen molar-refractivity contribution < 1.29 is 48.9 Å². The number of halogens is 2. The molecule has 21 nitrogen and oxygen atoms in total. The summed E-state index contributed by atoms with van der Waals surface area (Å²) in [4.78, 5) is 51.0. The molecule has 422 valence electrons. The van der Waals surface area contributed by atoms with Crippen molar-refractivity contribution in [3.63, 3.8) is 0 Å². The molecule has 0 atom stereocenters. The molecule has 11 aromatic rings. The van der Waals surface area contributed by atoms with Crippen molar-refractivity contribution >= 4 is 53.5 Å². The second kappa shape index (κ2) is 22.6. The van der Waals surface area contributed by atoms with E-state index in [-0.39, 0.29) is 62.2 Å². The van der Waals surface area contributed by atoms with Crippen LogP contribution >= 0.6 is 0 Å². The Hall–Kier alpha value is -10.4. The molecule has 0 saturated carbocycles. The monoisotopic (exact) mass is 1160 g/mol. The highest BCUT2D eigenvalue weighted by Gasteiger charge is 2.29. The predicted molar refractivity (Wildman–Crippen MR) is 303 cm³/mol. The molecule has 0 saturated heterocycles. The average Bonchev–Trinajstić information content (AvgIpc) is 4.44. The minimum Gasteiger partial charge on any atom is -0.497 e. The molecule has 6 heterocycles. The molecule has 0 aliphatic rings. The fourth-order valence-electron chi connectivity index (χ4n) is 9.05. The van der Waals surface area contributed by atoms with E-state index in [1.54, 1.807) is 50.2 Å². The molecule has 0 amide bonds. The summed E-state index contributed by atoms with van der Waals surface area (Å²) in [5.41, 5.74) is 0.903. The van der Waals surface area contributed by atoms with Crippen LogP contribution in [-0.2, 0) is 26.6 Å². The zero-order valence-corrected chi connectivity index (χ0v) is 46.0. The average molecular weight is 1170 g/mol. The van der Waals surface area contributed by atoms with Gasteiger partial charge in [0.05, 0.1) is 71.4 Å². The van der Waals surface area contributed by atoms with E-state index in [9.17, 15) is 36.0 Å². The normalized spacial score (nSPS) is 11.5. The third-order valence-electron chi connectivity index (χ3n) is 13.1. The molecule has 0 aliphatic heterocycles. The van der Waals surface area contributed by atoms with E-state index in [4.69, 9.17) is 18.7 Å². The number of nitrogens with one attached hydrogen (secondary N) is 1. The third-order valence-corrected chi connectivity index (χ3v) is 16.2. The van der Waals surface area contributed by atoms with E-state index >= 15 is 8.78 Å². The first-order chi connectivity index (χ1) is 39.8. The minimum absolute atomic E-state index is 0.0121. The van der Waals surface area contributed by atoms with Crippen molar-refractivity contribution in [1.29, 1.82) is 0 Å². The third kappa shape index (κ3) is 11.1. The number of benzene rings is 5. The molecular formula is C58H46F2N8O13S2. The molecule has 11 rings (SSSR count). The van der Waals surface area contributed by atoms with Crippen LogP contribution in [0.2, 0.25) is 0 Å². The van der Waals surface area contributed by atoms with Crippen molar-refractivity contribution in [3.05, 3.63) is 240 Å². The van der Waals surface area contributed by atoms with E-state index in [1.807, 2.05) is 0 Å². The number of anilines is 2. The van der Waals surface area contributed by atoms with Crippen LogP contribution < -0.4 is 45.5 Å². The number of hydrogen-bond donors (Lipinski definition) is 1. The number of rotatable bonds is 15. The number of hydrogen-bond acceptors (Lipinski definition) is 15. The van der Waals surface area contributed by atoms with E-state index in [0.717, 1.165) is 36.7 Å². The fourth-order valence-corrected chi connectivity index (χ4v) is 11.5. The number of fused-ring (bicyclic) bond motifs is 2. The first-order valence-corrected chi connectivity index (χ1v) is 27.7. The fraction of sp³-hybridized carbons (Fsp3) is 0.103. The van der Waals surface area contributed by atoms with Gasteiger partial charge in [0.1, 0.15) is 41.4 Å². The van der Waals surface area contributed by atoms with Gasteiger partial charge in [-0.25, -0.2) is 29.9 Å². The van der Waals surface area contributed by atoms with Crippen LogP contribution in [0.4, 0.5) is 20.4 Å². The van der Waals surface area contributed by atoms with Crippen molar-refractivity contribution in [2.75, 3.05) is 30.4 Å². The maximum absolute atomic E-state index is 15.6. The molecule has 0 bridgehead atoms. The number of aromatic nitrogens is 6. The van der Waals surface area contributed by atoms with Crippen LogP contribution in [0, 0.1) is 25.5 Å². The van der Waals surface area contributed by atoms with Crippen LogP contribution in [0.15, 0.2) is 209 Å². The summed E-state index contributed by atoms with van der Waals surface area (Å²) >= 11 is 0. The van der Waals surface area contributed by atoms with Crippen LogP contribution in [-0.4, -0.2) is 66.7 Å². The van der Waals surface area contributed by atoms with Crippen molar-refractivity contribution in [1.82, 2.24) is 28.6 Å². The van der Waals surface area contributed by atoms with Gasteiger partial charge in [0.15, 0.2) is 11.6 Å². The van der Waals surface area contributed by atoms with Gasteiger partial charge in [0, 0.05) is 83.8 Å². The van der Waals surface area contributed by atoms with Crippen LogP contribution in [0.1, 0.15) is 16.7 Å². The molecule has 25 heteroatoms. The number of sulfonamides is 2. The first-order valence-electron chi connectivity index (χ1n) is 24.7. The summed E-state index contributed by atoms with van der Waals surface area (Å²) in [5, 5.41) is 8.18.